The fourth-order valence-electron chi connectivity index (χ4n) is 2.49. The lowest BCUT2D eigenvalue weighted by Gasteiger charge is -2.29. The molecule has 5 nitrogen and oxygen atoms in total. The number of halogens is 2. The van der Waals surface area contributed by atoms with Crippen molar-refractivity contribution in [2.45, 2.75) is 4.90 Å². The summed E-state index contributed by atoms with van der Waals surface area (Å²) in [5, 5.41) is 0.140. The molecule has 2 aromatic rings. The Balaban J connectivity index is 1.84. The van der Waals surface area contributed by atoms with Crippen LogP contribution in [-0.2, 0) is 14.8 Å². The van der Waals surface area contributed by atoms with Crippen LogP contribution >= 0.6 is 11.6 Å². The van der Waals surface area contributed by atoms with Crippen molar-refractivity contribution in [1.82, 2.24) is 0 Å². The Kier molecular flexibility index (Phi) is 4.93. The number of nitrogens with one attached hydrogen (secondary N) is 1. The van der Waals surface area contributed by atoms with E-state index in [1.54, 1.807) is 18.2 Å². The van der Waals surface area contributed by atoms with E-state index in [2.05, 4.69) is 9.62 Å². The number of nitrogens with zero attached hydrogens (tertiary/aromatic N) is 1. The quantitative estimate of drug-likeness (QED) is 0.898. The maximum absolute atomic E-state index is 13.9. The van der Waals surface area contributed by atoms with Gasteiger partial charge in [0.25, 0.3) is 10.0 Å². The number of sulfonamides is 1. The average molecular weight is 371 g/mol. The van der Waals surface area contributed by atoms with Gasteiger partial charge in [0.15, 0.2) is 0 Å². The molecule has 0 saturated carbocycles. The molecule has 24 heavy (non-hydrogen) atoms. The SMILES string of the molecule is O=S(=O)(Nc1cccc(N2CCOCC2)c1)c1ccc(Cl)cc1F. The Morgan fingerprint density at radius 2 is 1.88 bits per heavy atom. The summed E-state index contributed by atoms with van der Waals surface area (Å²) in [5.74, 6) is -0.890. The van der Waals surface area contributed by atoms with Gasteiger partial charge in [-0.3, -0.25) is 4.72 Å². The van der Waals surface area contributed by atoms with E-state index >= 15 is 0 Å². The molecule has 0 radical (unpaired) electrons. The van der Waals surface area contributed by atoms with Crippen LogP contribution in [0.5, 0.6) is 0 Å². The van der Waals surface area contributed by atoms with Crippen molar-refractivity contribution >= 4 is 33.0 Å². The second-order valence-electron chi connectivity index (χ2n) is 5.33. The van der Waals surface area contributed by atoms with Crippen LogP contribution < -0.4 is 9.62 Å². The van der Waals surface area contributed by atoms with Crippen molar-refractivity contribution < 1.29 is 17.5 Å². The van der Waals surface area contributed by atoms with Gasteiger partial charge in [0.2, 0.25) is 0 Å². The van der Waals surface area contributed by atoms with E-state index in [1.165, 1.54) is 6.07 Å². The Hall–Kier alpha value is -1.83. The van der Waals surface area contributed by atoms with E-state index in [4.69, 9.17) is 16.3 Å². The molecule has 0 bridgehead atoms. The van der Waals surface area contributed by atoms with Crippen molar-refractivity contribution in [3.05, 3.63) is 53.3 Å². The summed E-state index contributed by atoms with van der Waals surface area (Å²) in [6.45, 7) is 2.74. The number of hydrogen-bond acceptors (Lipinski definition) is 4. The molecule has 1 saturated heterocycles. The highest BCUT2D eigenvalue weighted by atomic mass is 35.5. The predicted molar refractivity (Wildman–Crippen MR) is 91.7 cm³/mol. The summed E-state index contributed by atoms with van der Waals surface area (Å²) in [6.07, 6.45) is 0. The Labute approximate surface area is 145 Å². The lowest BCUT2D eigenvalue weighted by molar-refractivity contribution is 0.122. The maximum atomic E-state index is 13.9. The van der Waals surface area contributed by atoms with Gasteiger partial charge in [-0.05, 0) is 36.4 Å². The van der Waals surface area contributed by atoms with Gasteiger partial charge < -0.3 is 9.64 Å². The molecular formula is C16H16ClFN2O3S. The molecule has 1 aliphatic rings. The minimum Gasteiger partial charge on any atom is -0.378 e. The number of hydrogen-bond donors (Lipinski definition) is 1. The van der Waals surface area contributed by atoms with Crippen LogP contribution in [0.25, 0.3) is 0 Å². The summed E-state index contributed by atoms with van der Waals surface area (Å²) in [5.41, 5.74) is 1.25. The summed E-state index contributed by atoms with van der Waals surface area (Å²) in [6, 6.07) is 10.4. The van der Waals surface area contributed by atoms with Gasteiger partial charge in [-0.15, -0.1) is 0 Å². The van der Waals surface area contributed by atoms with Gasteiger partial charge in [0, 0.05) is 23.8 Å². The lowest BCUT2D eigenvalue weighted by atomic mass is 10.2. The van der Waals surface area contributed by atoms with E-state index in [0.717, 1.165) is 30.9 Å². The molecular weight excluding hydrogens is 355 g/mol. The smallest absolute Gasteiger partial charge is 0.264 e. The summed E-state index contributed by atoms with van der Waals surface area (Å²) < 4.78 is 46.4. The third-order valence-electron chi connectivity index (χ3n) is 3.66. The van der Waals surface area contributed by atoms with Gasteiger partial charge in [-0.25, -0.2) is 12.8 Å². The zero-order valence-corrected chi connectivity index (χ0v) is 14.3. The zero-order valence-electron chi connectivity index (χ0n) is 12.7. The number of rotatable bonds is 4. The highest BCUT2D eigenvalue weighted by Crippen LogP contribution is 2.25. The molecule has 1 heterocycles. The lowest BCUT2D eigenvalue weighted by Crippen LogP contribution is -2.36. The fraction of sp³-hybridized carbons (Fsp3) is 0.250. The second kappa shape index (κ2) is 6.96. The molecule has 128 valence electrons. The number of benzene rings is 2. The minimum absolute atomic E-state index is 0.140. The molecule has 0 unspecified atom stereocenters. The Morgan fingerprint density at radius 3 is 2.58 bits per heavy atom. The van der Waals surface area contributed by atoms with Crippen LogP contribution in [-0.4, -0.2) is 34.7 Å². The molecule has 0 amide bonds. The molecule has 0 spiro atoms. The standard InChI is InChI=1S/C16H16ClFN2O3S/c17-12-4-5-16(15(18)10-12)24(21,22)19-13-2-1-3-14(11-13)20-6-8-23-9-7-20/h1-5,10-11,19H,6-9H2. The summed E-state index contributed by atoms with van der Waals surface area (Å²) in [4.78, 5) is 1.66. The Bertz CT molecular complexity index is 839. The topological polar surface area (TPSA) is 58.6 Å². The highest BCUT2D eigenvalue weighted by Gasteiger charge is 2.20. The average Bonchev–Trinajstić information content (AvgIpc) is 2.55. The number of anilines is 2. The first kappa shape index (κ1) is 17.0. The first-order chi connectivity index (χ1) is 11.5. The first-order valence-electron chi connectivity index (χ1n) is 7.36. The van der Waals surface area contributed by atoms with E-state index in [0.29, 0.717) is 18.9 Å². The molecule has 1 aliphatic heterocycles. The van der Waals surface area contributed by atoms with Crippen LogP contribution in [0.1, 0.15) is 0 Å². The molecule has 0 atom stereocenters. The maximum Gasteiger partial charge on any atom is 0.264 e. The highest BCUT2D eigenvalue weighted by molar-refractivity contribution is 7.92. The third kappa shape index (κ3) is 3.80. The monoisotopic (exact) mass is 370 g/mol. The van der Waals surface area contributed by atoms with Gasteiger partial charge in [-0.1, -0.05) is 17.7 Å². The normalized spacial score (nSPS) is 15.3. The van der Waals surface area contributed by atoms with Crippen LogP contribution in [0.3, 0.4) is 0 Å². The van der Waals surface area contributed by atoms with Gasteiger partial charge in [0.05, 0.1) is 18.9 Å². The van der Waals surface area contributed by atoms with Gasteiger partial charge >= 0.3 is 0 Å². The van der Waals surface area contributed by atoms with Crippen molar-refractivity contribution in [2.75, 3.05) is 35.9 Å². The molecule has 1 fully saturated rings. The third-order valence-corrected chi connectivity index (χ3v) is 5.31. The van der Waals surface area contributed by atoms with Crippen molar-refractivity contribution in [3.8, 4) is 0 Å². The largest absolute Gasteiger partial charge is 0.378 e. The van der Waals surface area contributed by atoms with Crippen molar-refractivity contribution in [1.29, 1.82) is 0 Å². The summed E-state index contributed by atoms with van der Waals surface area (Å²) in [7, 11) is -4.04. The second-order valence-corrected chi connectivity index (χ2v) is 7.42. The number of ether oxygens (including phenoxy) is 1. The molecule has 0 aromatic heterocycles. The molecule has 0 aliphatic carbocycles. The summed E-state index contributed by atoms with van der Waals surface area (Å²) >= 11 is 5.66. The van der Waals surface area contributed by atoms with Crippen molar-refractivity contribution in [2.24, 2.45) is 0 Å². The van der Waals surface area contributed by atoms with Crippen LogP contribution in [0.2, 0.25) is 5.02 Å². The molecule has 2 aromatic carbocycles. The zero-order chi connectivity index (χ0) is 17.2. The van der Waals surface area contributed by atoms with Crippen LogP contribution in [0, 0.1) is 5.82 Å². The number of morpholine rings is 1. The van der Waals surface area contributed by atoms with Crippen LogP contribution in [0.4, 0.5) is 15.8 Å². The molecule has 8 heteroatoms. The van der Waals surface area contributed by atoms with Crippen molar-refractivity contribution in [3.63, 3.8) is 0 Å². The van der Waals surface area contributed by atoms with Gasteiger partial charge in [0.1, 0.15) is 10.7 Å². The molecule has 1 N–H and O–H groups in total. The Morgan fingerprint density at radius 1 is 1.12 bits per heavy atom. The first-order valence-corrected chi connectivity index (χ1v) is 9.22. The van der Waals surface area contributed by atoms with Crippen LogP contribution in [0.15, 0.2) is 47.4 Å². The predicted octanol–water partition coefficient (Wildman–Crippen LogP) is 3.12. The van der Waals surface area contributed by atoms with E-state index in [9.17, 15) is 12.8 Å². The fourth-order valence-corrected chi connectivity index (χ4v) is 3.76. The van der Waals surface area contributed by atoms with E-state index < -0.39 is 20.7 Å². The molecule has 3 rings (SSSR count). The van der Waals surface area contributed by atoms with E-state index in [1.807, 2.05) is 6.07 Å². The van der Waals surface area contributed by atoms with Gasteiger partial charge in [-0.2, -0.15) is 0 Å². The van der Waals surface area contributed by atoms with E-state index in [-0.39, 0.29) is 5.02 Å². The minimum atomic E-state index is -4.04.